The maximum Gasteiger partial charge on any atom is 0.345 e. The molecule has 1 heterocycles. The number of aromatic nitrogens is 2. The van der Waals surface area contributed by atoms with Crippen LogP contribution in [0, 0.1) is 6.92 Å². The average Bonchev–Trinajstić information content (AvgIpc) is 2.37. The predicted octanol–water partition coefficient (Wildman–Crippen LogP) is 2.90. The lowest BCUT2D eigenvalue weighted by Crippen LogP contribution is -2.11. The zero-order valence-corrected chi connectivity index (χ0v) is 9.97. The summed E-state index contributed by atoms with van der Waals surface area (Å²) in [6, 6.07) is 16.0. The summed E-state index contributed by atoms with van der Waals surface area (Å²) in [4.78, 5) is 18.2. The molecule has 1 aromatic heterocycles. The minimum atomic E-state index is -0.307. The van der Waals surface area contributed by atoms with E-state index in [-0.39, 0.29) is 5.69 Å². The van der Waals surface area contributed by atoms with Crippen molar-refractivity contribution < 1.29 is 0 Å². The van der Waals surface area contributed by atoms with E-state index in [9.17, 15) is 4.79 Å². The smallest absolute Gasteiger partial charge is 0.310 e. The van der Waals surface area contributed by atoms with Gasteiger partial charge >= 0.3 is 5.69 Å². The first kappa shape index (κ1) is 10.7. The van der Waals surface area contributed by atoms with E-state index in [0.717, 1.165) is 22.0 Å². The van der Waals surface area contributed by atoms with E-state index in [2.05, 4.69) is 22.1 Å². The second-order valence-electron chi connectivity index (χ2n) is 4.28. The fourth-order valence-corrected chi connectivity index (χ4v) is 2.17. The molecule has 0 atom stereocenters. The van der Waals surface area contributed by atoms with Gasteiger partial charge in [-0.25, -0.2) is 4.79 Å². The van der Waals surface area contributed by atoms with Crippen LogP contribution in [0.3, 0.4) is 0 Å². The van der Waals surface area contributed by atoms with E-state index in [1.54, 1.807) is 0 Å². The molecule has 18 heavy (non-hydrogen) atoms. The van der Waals surface area contributed by atoms with Crippen molar-refractivity contribution in [3.05, 3.63) is 64.7 Å². The molecule has 2 aromatic carbocycles. The van der Waals surface area contributed by atoms with Crippen molar-refractivity contribution in [3.63, 3.8) is 0 Å². The molecule has 3 heteroatoms. The van der Waals surface area contributed by atoms with Gasteiger partial charge in [-0.3, -0.25) is 0 Å². The van der Waals surface area contributed by atoms with Gasteiger partial charge < -0.3 is 4.98 Å². The largest absolute Gasteiger partial charge is 0.345 e. The molecule has 3 aromatic rings. The van der Waals surface area contributed by atoms with Crippen molar-refractivity contribution in [1.82, 2.24) is 9.97 Å². The van der Waals surface area contributed by atoms with E-state index >= 15 is 0 Å². The molecule has 0 aliphatic carbocycles. The highest BCUT2D eigenvalue weighted by molar-refractivity contribution is 5.95. The molecule has 0 bridgehead atoms. The zero-order valence-electron chi connectivity index (χ0n) is 9.97. The van der Waals surface area contributed by atoms with Gasteiger partial charge in [0.2, 0.25) is 0 Å². The third kappa shape index (κ3) is 1.80. The van der Waals surface area contributed by atoms with Crippen LogP contribution in [0.1, 0.15) is 5.69 Å². The first-order valence-electron chi connectivity index (χ1n) is 5.80. The van der Waals surface area contributed by atoms with E-state index in [1.807, 2.05) is 43.3 Å². The van der Waals surface area contributed by atoms with Crippen LogP contribution in [0.2, 0.25) is 0 Å². The number of hydrogen-bond donors (Lipinski definition) is 1. The number of benzene rings is 2. The highest BCUT2D eigenvalue weighted by Gasteiger charge is 2.05. The number of hydrogen-bond acceptors (Lipinski definition) is 2. The van der Waals surface area contributed by atoms with Crippen LogP contribution in [0.5, 0.6) is 0 Å². The van der Waals surface area contributed by atoms with Crippen LogP contribution in [0.4, 0.5) is 0 Å². The molecule has 1 N–H and O–H groups in total. The molecular formula is C15H12N2O. The minimum absolute atomic E-state index is 0.307. The Morgan fingerprint density at radius 1 is 1.06 bits per heavy atom. The molecule has 0 aliphatic heterocycles. The molecule has 0 aliphatic rings. The minimum Gasteiger partial charge on any atom is -0.310 e. The van der Waals surface area contributed by atoms with Gasteiger partial charge in [0.1, 0.15) is 0 Å². The second kappa shape index (κ2) is 4.11. The van der Waals surface area contributed by atoms with Crippen molar-refractivity contribution in [2.45, 2.75) is 6.92 Å². The Morgan fingerprint density at radius 2 is 1.83 bits per heavy atom. The molecule has 0 fully saturated rings. The number of H-pyrrole nitrogens is 1. The Balaban J connectivity index is 2.34. The van der Waals surface area contributed by atoms with Gasteiger partial charge in [0.25, 0.3) is 0 Å². The van der Waals surface area contributed by atoms with E-state index in [1.165, 1.54) is 0 Å². The standard InChI is InChI=1S/C15H12N2O/c1-10-9-14(17-15(18)16-10)13-8-4-6-11-5-2-3-7-12(11)13/h2-9H,1H3,(H,16,17,18). The number of aromatic amines is 1. The van der Waals surface area contributed by atoms with E-state index in [0.29, 0.717) is 5.69 Å². The number of nitrogens with one attached hydrogen (secondary N) is 1. The van der Waals surface area contributed by atoms with Gasteiger partial charge in [-0.05, 0) is 23.8 Å². The highest BCUT2D eigenvalue weighted by Crippen LogP contribution is 2.26. The molecular weight excluding hydrogens is 224 g/mol. The quantitative estimate of drug-likeness (QED) is 0.706. The molecule has 0 amide bonds. The average molecular weight is 236 g/mol. The number of aryl methyl sites for hydroxylation is 1. The normalized spacial score (nSPS) is 10.7. The van der Waals surface area contributed by atoms with Crippen molar-refractivity contribution in [2.24, 2.45) is 0 Å². The summed E-state index contributed by atoms with van der Waals surface area (Å²) in [7, 11) is 0. The van der Waals surface area contributed by atoms with Crippen molar-refractivity contribution in [3.8, 4) is 11.3 Å². The SMILES string of the molecule is Cc1cc(-c2cccc3ccccc23)nc(=O)[nH]1. The second-order valence-corrected chi connectivity index (χ2v) is 4.28. The summed E-state index contributed by atoms with van der Waals surface area (Å²) in [5.74, 6) is 0. The highest BCUT2D eigenvalue weighted by atomic mass is 16.1. The van der Waals surface area contributed by atoms with Gasteiger partial charge in [-0.15, -0.1) is 0 Å². The Hall–Kier alpha value is -2.42. The molecule has 88 valence electrons. The zero-order chi connectivity index (χ0) is 12.5. The molecule has 3 nitrogen and oxygen atoms in total. The Labute approximate surface area is 104 Å². The van der Waals surface area contributed by atoms with Gasteiger partial charge in [-0.2, -0.15) is 4.98 Å². The molecule has 0 spiro atoms. The van der Waals surface area contributed by atoms with Crippen molar-refractivity contribution in [1.29, 1.82) is 0 Å². The van der Waals surface area contributed by atoms with Crippen LogP contribution in [-0.4, -0.2) is 9.97 Å². The predicted molar refractivity (Wildman–Crippen MR) is 72.5 cm³/mol. The number of fused-ring (bicyclic) bond motifs is 1. The summed E-state index contributed by atoms with van der Waals surface area (Å²) in [6.07, 6.45) is 0. The van der Waals surface area contributed by atoms with Crippen molar-refractivity contribution >= 4 is 10.8 Å². The molecule has 0 saturated heterocycles. The summed E-state index contributed by atoms with van der Waals surface area (Å²) in [6.45, 7) is 1.86. The van der Waals surface area contributed by atoms with Gasteiger partial charge in [0, 0.05) is 11.3 Å². The van der Waals surface area contributed by atoms with Crippen LogP contribution < -0.4 is 5.69 Å². The number of nitrogens with zero attached hydrogens (tertiary/aromatic N) is 1. The van der Waals surface area contributed by atoms with Gasteiger partial charge in [0.05, 0.1) is 5.69 Å². The van der Waals surface area contributed by atoms with E-state index in [4.69, 9.17) is 0 Å². The summed E-state index contributed by atoms with van der Waals surface area (Å²) < 4.78 is 0. The maximum absolute atomic E-state index is 11.5. The summed E-state index contributed by atoms with van der Waals surface area (Å²) in [5.41, 5.74) is 2.21. The summed E-state index contributed by atoms with van der Waals surface area (Å²) >= 11 is 0. The fraction of sp³-hybridized carbons (Fsp3) is 0.0667. The third-order valence-corrected chi connectivity index (χ3v) is 2.94. The Morgan fingerprint density at radius 3 is 2.67 bits per heavy atom. The first-order chi connectivity index (χ1) is 8.74. The van der Waals surface area contributed by atoms with Crippen LogP contribution in [0.15, 0.2) is 53.3 Å². The molecule has 0 saturated carbocycles. The summed E-state index contributed by atoms with van der Waals surface area (Å²) in [5, 5.41) is 2.26. The number of rotatable bonds is 1. The lowest BCUT2D eigenvalue weighted by atomic mass is 10.0. The van der Waals surface area contributed by atoms with Crippen LogP contribution in [0.25, 0.3) is 22.0 Å². The lowest BCUT2D eigenvalue weighted by Gasteiger charge is -2.06. The molecule has 3 rings (SSSR count). The third-order valence-electron chi connectivity index (χ3n) is 2.94. The first-order valence-corrected chi connectivity index (χ1v) is 5.80. The van der Waals surface area contributed by atoms with Crippen molar-refractivity contribution in [2.75, 3.05) is 0 Å². The van der Waals surface area contributed by atoms with Gasteiger partial charge in [-0.1, -0.05) is 42.5 Å². The fourth-order valence-electron chi connectivity index (χ4n) is 2.17. The van der Waals surface area contributed by atoms with Crippen LogP contribution >= 0.6 is 0 Å². The van der Waals surface area contributed by atoms with Gasteiger partial charge in [0.15, 0.2) is 0 Å². The maximum atomic E-state index is 11.5. The topological polar surface area (TPSA) is 45.8 Å². The molecule has 0 unspecified atom stereocenters. The Kier molecular flexibility index (Phi) is 2.45. The van der Waals surface area contributed by atoms with E-state index < -0.39 is 0 Å². The van der Waals surface area contributed by atoms with Crippen LogP contribution in [-0.2, 0) is 0 Å². The Bertz CT molecular complexity index is 769. The molecule has 0 radical (unpaired) electrons. The lowest BCUT2D eigenvalue weighted by molar-refractivity contribution is 1.03. The monoisotopic (exact) mass is 236 g/mol.